The van der Waals surface area contributed by atoms with Gasteiger partial charge in [0.2, 0.25) is 5.91 Å². The van der Waals surface area contributed by atoms with Crippen LogP contribution in [0, 0.1) is 0 Å². The average molecular weight is 338 g/mol. The Kier molecular flexibility index (Phi) is 4.42. The van der Waals surface area contributed by atoms with Crippen LogP contribution < -0.4 is 0 Å². The monoisotopic (exact) mass is 337 g/mol. The number of aromatic nitrogens is 1. The molecular weight excluding hydrogens is 314 g/mol. The lowest BCUT2D eigenvalue weighted by molar-refractivity contribution is -0.135. The Balaban J connectivity index is 1.40. The fourth-order valence-electron chi connectivity index (χ4n) is 3.40. The number of rotatable bonds is 4. The third-order valence-corrected chi connectivity index (χ3v) is 6.92. The lowest BCUT2D eigenvalue weighted by Crippen LogP contribution is -2.48. The van der Waals surface area contributed by atoms with Gasteiger partial charge in [-0.15, -0.1) is 11.3 Å². The van der Waals surface area contributed by atoms with Crippen molar-refractivity contribution in [3.8, 4) is 0 Å². The summed E-state index contributed by atoms with van der Waals surface area (Å²) >= 11 is 3.82. The minimum Gasteiger partial charge on any atom is -0.340 e. The van der Waals surface area contributed by atoms with Crippen LogP contribution in [0.3, 0.4) is 0 Å². The van der Waals surface area contributed by atoms with Gasteiger partial charge >= 0.3 is 0 Å². The normalized spacial score (nSPS) is 26.5. The first-order chi connectivity index (χ1) is 10.8. The van der Waals surface area contributed by atoms with Gasteiger partial charge in [-0.25, -0.2) is 4.98 Å². The van der Waals surface area contributed by atoms with E-state index in [0.717, 1.165) is 56.4 Å². The molecule has 1 aliphatic carbocycles. The van der Waals surface area contributed by atoms with Crippen LogP contribution in [-0.4, -0.2) is 57.9 Å². The van der Waals surface area contributed by atoms with Crippen LogP contribution >= 0.6 is 23.1 Å². The van der Waals surface area contributed by atoms with E-state index in [0.29, 0.717) is 5.91 Å². The molecule has 1 amide bonds. The van der Waals surface area contributed by atoms with Gasteiger partial charge in [0.1, 0.15) is 0 Å². The van der Waals surface area contributed by atoms with Crippen molar-refractivity contribution in [2.45, 2.75) is 44.2 Å². The van der Waals surface area contributed by atoms with Gasteiger partial charge in [0.25, 0.3) is 0 Å². The number of carbonyl (C=O) groups excluding carboxylic acids is 1. The number of hydrogen-bond acceptors (Lipinski definition) is 5. The van der Waals surface area contributed by atoms with Gasteiger partial charge in [0.15, 0.2) is 0 Å². The van der Waals surface area contributed by atoms with Crippen LogP contribution in [0.25, 0.3) is 0 Å². The van der Waals surface area contributed by atoms with Crippen molar-refractivity contribution < 1.29 is 4.79 Å². The van der Waals surface area contributed by atoms with Crippen molar-refractivity contribution in [3.63, 3.8) is 0 Å². The summed E-state index contributed by atoms with van der Waals surface area (Å²) < 4.78 is 0. The van der Waals surface area contributed by atoms with Crippen molar-refractivity contribution in [2.75, 3.05) is 31.1 Å². The van der Waals surface area contributed by atoms with Gasteiger partial charge < -0.3 is 4.90 Å². The Bertz CT molecular complexity index is 537. The second kappa shape index (κ2) is 6.49. The van der Waals surface area contributed by atoms with Crippen LogP contribution in [0.2, 0.25) is 0 Å². The molecule has 1 saturated carbocycles. The molecule has 3 fully saturated rings. The molecule has 1 aromatic heterocycles. The van der Waals surface area contributed by atoms with Gasteiger partial charge in [-0.2, -0.15) is 11.8 Å². The van der Waals surface area contributed by atoms with E-state index < -0.39 is 0 Å². The first-order valence-electron chi connectivity index (χ1n) is 8.36. The summed E-state index contributed by atoms with van der Waals surface area (Å²) in [5, 5.41) is 1.31. The number of amides is 1. The van der Waals surface area contributed by atoms with Gasteiger partial charge in [-0.1, -0.05) is 0 Å². The second-order valence-electron chi connectivity index (χ2n) is 6.51. The van der Waals surface area contributed by atoms with Gasteiger partial charge in [0, 0.05) is 48.1 Å². The maximum Gasteiger partial charge on any atom is 0.239 e. The van der Waals surface area contributed by atoms with E-state index >= 15 is 0 Å². The summed E-state index contributed by atoms with van der Waals surface area (Å²) in [7, 11) is 0. The smallest absolute Gasteiger partial charge is 0.239 e. The van der Waals surface area contributed by atoms with Crippen molar-refractivity contribution in [3.05, 3.63) is 16.1 Å². The highest BCUT2D eigenvalue weighted by molar-refractivity contribution is 7.99. The number of thiazole rings is 1. The predicted octanol–water partition coefficient (Wildman–Crippen LogP) is 2.56. The second-order valence-corrected chi connectivity index (χ2v) is 8.88. The Morgan fingerprint density at radius 2 is 2.05 bits per heavy atom. The molecule has 0 N–H and O–H groups in total. The molecule has 1 aromatic rings. The Morgan fingerprint density at radius 3 is 2.82 bits per heavy atom. The Hall–Kier alpha value is -0.590. The number of thioether (sulfide) groups is 1. The summed E-state index contributed by atoms with van der Waals surface area (Å²) in [6.07, 6.45) is 6.83. The zero-order valence-electron chi connectivity index (χ0n) is 12.9. The van der Waals surface area contributed by atoms with Crippen molar-refractivity contribution in [2.24, 2.45) is 0 Å². The number of carbonyl (C=O) groups is 1. The topological polar surface area (TPSA) is 36.4 Å². The zero-order valence-corrected chi connectivity index (χ0v) is 14.5. The molecule has 0 unspecified atom stereocenters. The van der Waals surface area contributed by atoms with Crippen LogP contribution in [0.15, 0.2) is 6.20 Å². The summed E-state index contributed by atoms with van der Waals surface area (Å²) in [6.45, 7) is 3.82. The molecular formula is C16H23N3OS2. The summed E-state index contributed by atoms with van der Waals surface area (Å²) in [4.78, 5) is 23.2. The highest BCUT2D eigenvalue weighted by Gasteiger charge is 2.34. The largest absolute Gasteiger partial charge is 0.340 e. The number of nitrogens with zero attached hydrogens (tertiary/aromatic N) is 3. The summed E-state index contributed by atoms with van der Waals surface area (Å²) in [5.74, 6) is 3.29. The number of hydrogen-bond donors (Lipinski definition) is 0. The van der Waals surface area contributed by atoms with E-state index in [-0.39, 0.29) is 6.04 Å². The summed E-state index contributed by atoms with van der Waals surface area (Å²) in [6, 6.07) is 0.106. The van der Waals surface area contributed by atoms with Crippen LogP contribution in [-0.2, 0) is 11.3 Å². The van der Waals surface area contributed by atoms with Crippen molar-refractivity contribution >= 4 is 29.0 Å². The van der Waals surface area contributed by atoms with Crippen molar-refractivity contribution in [1.82, 2.24) is 14.8 Å². The molecule has 2 aliphatic heterocycles. The molecule has 3 heterocycles. The molecule has 1 atom stereocenters. The maximum absolute atomic E-state index is 12.8. The maximum atomic E-state index is 12.8. The van der Waals surface area contributed by atoms with E-state index in [4.69, 9.17) is 0 Å². The van der Waals surface area contributed by atoms with Crippen LogP contribution in [0.5, 0.6) is 0 Å². The number of likely N-dealkylation sites (tertiary alicyclic amines) is 1. The standard InChI is InChI=1S/C16H23N3OS2/c20-16(18-6-8-21-9-7-18)14-2-1-5-19(14)11-13-10-17-15(22-13)12-3-4-12/h10,12,14H,1-9,11H2/t14-/m0/s1. The molecule has 0 bridgehead atoms. The predicted molar refractivity (Wildman–Crippen MR) is 91.4 cm³/mol. The van der Waals surface area contributed by atoms with E-state index in [1.54, 1.807) is 0 Å². The molecule has 6 heteroatoms. The molecule has 3 aliphatic rings. The van der Waals surface area contributed by atoms with E-state index in [2.05, 4.69) is 14.8 Å². The summed E-state index contributed by atoms with van der Waals surface area (Å²) in [5.41, 5.74) is 0. The first kappa shape index (κ1) is 15.0. The minimum atomic E-state index is 0.106. The Morgan fingerprint density at radius 1 is 1.23 bits per heavy atom. The molecule has 4 nitrogen and oxygen atoms in total. The van der Waals surface area contributed by atoms with Crippen LogP contribution in [0.1, 0.15) is 41.5 Å². The third-order valence-electron chi connectivity index (χ3n) is 4.83. The first-order valence-corrected chi connectivity index (χ1v) is 10.3. The fourth-order valence-corrected chi connectivity index (χ4v) is 5.42. The highest BCUT2D eigenvalue weighted by Crippen LogP contribution is 2.42. The third kappa shape index (κ3) is 3.19. The van der Waals surface area contributed by atoms with Gasteiger partial charge in [-0.3, -0.25) is 9.69 Å². The molecule has 0 spiro atoms. The Labute approximate surface area is 140 Å². The molecule has 4 rings (SSSR count). The molecule has 0 radical (unpaired) electrons. The highest BCUT2D eigenvalue weighted by atomic mass is 32.2. The van der Waals surface area contributed by atoms with Gasteiger partial charge in [-0.05, 0) is 32.2 Å². The van der Waals surface area contributed by atoms with E-state index in [1.165, 1.54) is 22.7 Å². The molecule has 22 heavy (non-hydrogen) atoms. The minimum absolute atomic E-state index is 0.106. The quantitative estimate of drug-likeness (QED) is 0.846. The average Bonchev–Trinajstić information content (AvgIpc) is 3.13. The lowest BCUT2D eigenvalue weighted by atomic mass is 10.2. The zero-order chi connectivity index (χ0) is 14.9. The fraction of sp³-hybridized carbons (Fsp3) is 0.750. The SMILES string of the molecule is O=C([C@@H]1CCCN1Cc1cnc(C2CC2)s1)N1CCSCC1. The van der Waals surface area contributed by atoms with E-state index in [1.807, 2.05) is 29.3 Å². The van der Waals surface area contributed by atoms with E-state index in [9.17, 15) is 4.79 Å². The molecule has 120 valence electrons. The lowest BCUT2D eigenvalue weighted by Gasteiger charge is -2.32. The van der Waals surface area contributed by atoms with Gasteiger partial charge in [0.05, 0.1) is 11.0 Å². The van der Waals surface area contributed by atoms with Crippen molar-refractivity contribution in [1.29, 1.82) is 0 Å². The van der Waals surface area contributed by atoms with Crippen LogP contribution in [0.4, 0.5) is 0 Å². The molecule has 2 saturated heterocycles. The molecule has 0 aromatic carbocycles.